The molecule has 1 saturated heterocycles. The van der Waals surface area contributed by atoms with Crippen LogP contribution in [0.2, 0.25) is 5.15 Å². The number of likely N-dealkylation sites (tertiary alicyclic amines) is 1. The van der Waals surface area contributed by atoms with E-state index in [1.165, 1.54) is 11.3 Å². The molecular weight excluding hydrogens is 284 g/mol. The van der Waals surface area contributed by atoms with Crippen LogP contribution in [0.3, 0.4) is 0 Å². The first kappa shape index (κ1) is 12.8. The first-order valence-corrected chi connectivity index (χ1v) is 7.24. The van der Waals surface area contributed by atoms with Crippen LogP contribution in [-0.2, 0) is 4.74 Å². The zero-order valence-corrected chi connectivity index (χ0v) is 12.0. The molecule has 6 heteroatoms. The fraction of sp³-hybridized carbons (Fsp3) is 0.385. The molecule has 1 fully saturated rings. The van der Waals surface area contributed by atoms with E-state index >= 15 is 0 Å². The maximum Gasteiger partial charge on any atom is 0.264 e. The van der Waals surface area contributed by atoms with E-state index in [-0.39, 0.29) is 12.0 Å². The molecule has 0 spiro atoms. The number of hydrogen-bond acceptors (Lipinski definition) is 4. The van der Waals surface area contributed by atoms with Gasteiger partial charge in [-0.1, -0.05) is 11.6 Å². The molecule has 2 aromatic heterocycles. The number of aromatic nitrogens is 1. The Kier molecular flexibility index (Phi) is 3.43. The van der Waals surface area contributed by atoms with Gasteiger partial charge in [0.15, 0.2) is 0 Å². The predicted molar refractivity (Wildman–Crippen MR) is 75.9 cm³/mol. The highest BCUT2D eigenvalue weighted by molar-refractivity contribution is 7.21. The molecule has 0 aromatic carbocycles. The van der Waals surface area contributed by atoms with E-state index in [9.17, 15) is 4.79 Å². The van der Waals surface area contributed by atoms with Crippen LogP contribution in [0, 0.1) is 0 Å². The van der Waals surface area contributed by atoms with Crippen LogP contribution in [0.1, 0.15) is 16.1 Å². The summed E-state index contributed by atoms with van der Waals surface area (Å²) in [6, 6.07) is 3.76. The van der Waals surface area contributed by atoms with E-state index in [1.807, 2.05) is 17.0 Å². The maximum absolute atomic E-state index is 12.4. The van der Waals surface area contributed by atoms with Crippen LogP contribution in [0.15, 0.2) is 18.3 Å². The Bertz CT molecular complexity index is 628. The molecular formula is C13H13ClN2O2S. The second kappa shape index (κ2) is 5.07. The summed E-state index contributed by atoms with van der Waals surface area (Å²) in [4.78, 5) is 19.0. The quantitative estimate of drug-likeness (QED) is 0.800. The molecule has 2 aromatic rings. The monoisotopic (exact) mass is 296 g/mol. The van der Waals surface area contributed by atoms with Gasteiger partial charge in [-0.25, -0.2) is 4.98 Å². The molecule has 0 bridgehead atoms. The highest BCUT2D eigenvalue weighted by Gasteiger charge is 2.27. The lowest BCUT2D eigenvalue weighted by molar-refractivity contribution is 0.0728. The molecule has 1 amide bonds. The maximum atomic E-state index is 12.4. The second-order valence-electron chi connectivity index (χ2n) is 4.53. The summed E-state index contributed by atoms with van der Waals surface area (Å²) in [6.07, 6.45) is 2.71. The van der Waals surface area contributed by atoms with Crippen molar-refractivity contribution in [1.82, 2.24) is 9.88 Å². The van der Waals surface area contributed by atoms with Gasteiger partial charge in [-0.2, -0.15) is 0 Å². The van der Waals surface area contributed by atoms with Crippen LogP contribution in [0.4, 0.5) is 0 Å². The molecule has 1 aliphatic heterocycles. The van der Waals surface area contributed by atoms with Gasteiger partial charge in [0, 0.05) is 26.4 Å². The van der Waals surface area contributed by atoms with Gasteiger partial charge < -0.3 is 9.64 Å². The molecule has 0 N–H and O–H groups in total. The smallest absolute Gasteiger partial charge is 0.264 e. The minimum atomic E-state index is 0.0526. The van der Waals surface area contributed by atoms with Crippen LogP contribution in [0.5, 0.6) is 0 Å². The average molecular weight is 297 g/mol. The van der Waals surface area contributed by atoms with Crippen LogP contribution >= 0.6 is 22.9 Å². The molecule has 19 heavy (non-hydrogen) atoms. The van der Waals surface area contributed by atoms with Crippen molar-refractivity contribution in [2.75, 3.05) is 20.2 Å². The lowest BCUT2D eigenvalue weighted by atomic mass is 10.3. The largest absolute Gasteiger partial charge is 0.380 e. The Morgan fingerprint density at radius 2 is 2.47 bits per heavy atom. The molecule has 100 valence electrons. The van der Waals surface area contributed by atoms with Crippen molar-refractivity contribution in [2.45, 2.75) is 12.5 Å². The zero-order chi connectivity index (χ0) is 13.4. The number of ether oxygens (including phenoxy) is 1. The Balaban J connectivity index is 1.88. The van der Waals surface area contributed by atoms with Gasteiger partial charge in [-0.3, -0.25) is 4.79 Å². The number of hydrogen-bond donors (Lipinski definition) is 0. The summed E-state index contributed by atoms with van der Waals surface area (Å²) < 4.78 is 6.15. The van der Waals surface area contributed by atoms with Crippen molar-refractivity contribution in [3.05, 3.63) is 28.4 Å². The molecule has 0 aliphatic carbocycles. The molecule has 0 saturated carbocycles. The molecule has 0 radical (unpaired) electrons. The number of amides is 1. The number of carbonyl (C=O) groups excluding carboxylic acids is 1. The van der Waals surface area contributed by atoms with E-state index < -0.39 is 0 Å². The van der Waals surface area contributed by atoms with E-state index in [1.54, 1.807) is 13.3 Å². The molecule has 3 rings (SSSR count). The molecule has 0 unspecified atom stereocenters. The summed E-state index contributed by atoms with van der Waals surface area (Å²) in [5, 5.41) is 1.42. The predicted octanol–water partition coefficient (Wildman–Crippen LogP) is 2.81. The summed E-state index contributed by atoms with van der Waals surface area (Å²) in [5.41, 5.74) is 0. The molecule has 1 atom stereocenters. The highest BCUT2D eigenvalue weighted by atomic mass is 35.5. The summed E-state index contributed by atoms with van der Waals surface area (Å²) >= 11 is 7.44. The first-order chi connectivity index (χ1) is 9.19. The minimum Gasteiger partial charge on any atom is -0.380 e. The van der Waals surface area contributed by atoms with Crippen LogP contribution in [-0.4, -0.2) is 42.1 Å². The second-order valence-corrected chi connectivity index (χ2v) is 5.94. The number of halogens is 1. The van der Waals surface area contributed by atoms with E-state index in [2.05, 4.69) is 4.98 Å². The SMILES string of the molecule is CO[C@H]1CCN(C(=O)c2cc3ccnc(Cl)c3s2)C1. The highest BCUT2D eigenvalue weighted by Crippen LogP contribution is 2.31. The summed E-state index contributed by atoms with van der Waals surface area (Å²) in [5.74, 6) is 0.0526. The number of nitrogens with zero attached hydrogens (tertiary/aromatic N) is 2. The Morgan fingerprint density at radius 3 is 3.16 bits per heavy atom. The minimum absolute atomic E-state index is 0.0526. The normalized spacial score (nSPS) is 19.3. The van der Waals surface area contributed by atoms with Crippen molar-refractivity contribution in [1.29, 1.82) is 0 Å². The molecule has 1 aliphatic rings. The van der Waals surface area contributed by atoms with Crippen LogP contribution in [0.25, 0.3) is 10.1 Å². The van der Waals surface area contributed by atoms with Gasteiger partial charge in [-0.15, -0.1) is 11.3 Å². The first-order valence-electron chi connectivity index (χ1n) is 6.05. The van der Waals surface area contributed by atoms with E-state index in [4.69, 9.17) is 16.3 Å². The summed E-state index contributed by atoms with van der Waals surface area (Å²) in [7, 11) is 1.68. The number of fused-ring (bicyclic) bond motifs is 1. The molecule has 4 nitrogen and oxygen atoms in total. The van der Waals surface area contributed by atoms with Gasteiger partial charge >= 0.3 is 0 Å². The number of carbonyl (C=O) groups is 1. The number of pyridine rings is 1. The summed E-state index contributed by atoms with van der Waals surface area (Å²) in [6.45, 7) is 1.41. The van der Waals surface area contributed by atoms with Gasteiger partial charge in [-0.05, 0) is 23.9 Å². The van der Waals surface area contributed by atoms with E-state index in [0.29, 0.717) is 16.6 Å². The third kappa shape index (κ3) is 2.33. The van der Waals surface area contributed by atoms with Gasteiger partial charge in [0.2, 0.25) is 0 Å². The fourth-order valence-corrected chi connectivity index (χ4v) is 3.58. The van der Waals surface area contributed by atoms with Crippen molar-refractivity contribution in [2.24, 2.45) is 0 Å². The van der Waals surface area contributed by atoms with Gasteiger partial charge in [0.25, 0.3) is 5.91 Å². The molecule has 3 heterocycles. The van der Waals surface area contributed by atoms with Crippen molar-refractivity contribution in [3.8, 4) is 0 Å². The number of rotatable bonds is 2. The zero-order valence-electron chi connectivity index (χ0n) is 10.4. The Hall–Kier alpha value is -1.17. The van der Waals surface area contributed by atoms with Crippen LogP contribution < -0.4 is 0 Å². The Morgan fingerprint density at radius 1 is 1.63 bits per heavy atom. The lowest BCUT2D eigenvalue weighted by Crippen LogP contribution is -2.29. The Labute approximate surface area is 119 Å². The fourth-order valence-electron chi connectivity index (χ4n) is 2.30. The van der Waals surface area contributed by atoms with Crippen molar-refractivity contribution < 1.29 is 9.53 Å². The number of methoxy groups -OCH3 is 1. The van der Waals surface area contributed by atoms with Gasteiger partial charge in [0.05, 0.1) is 15.7 Å². The third-order valence-corrected chi connectivity index (χ3v) is 4.91. The van der Waals surface area contributed by atoms with Crippen molar-refractivity contribution in [3.63, 3.8) is 0 Å². The van der Waals surface area contributed by atoms with E-state index in [0.717, 1.165) is 23.1 Å². The third-order valence-electron chi connectivity index (χ3n) is 3.37. The average Bonchev–Trinajstić information content (AvgIpc) is 3.05. The number of thiophene rings is 1. The standard InChI is InChI=1S/C13H13ClN2O2S/c1-18-9-3-5-16(7-9)13(17)10-6-8-2-4-15-12(14)11(8)19-10/h2,4,6,9H,3,5,7H2,1H3/t9-/m0/s1. The lowest BCUT2D eigenvalue weighted by Gasteiger charge is -2.14. The topological polar surface area (TPSA) is 42.4 Å². The van der Waals surface area contributed by atoms with Gasteiger partial charge in [0.1, 0.15) is 5.15 Å². The van der Waals surface area contributed by atoms with Crippen molar-refractivity contribution >= 4 is 38.9 Å².